The zero-order valence-corrected chi connectivity index (χ0v) is 15.9. The highest BCUT2D eigenvalue weighted by Crippen LogP contribution is 2.52. The van der Waals surface area contributed by atoms with Gasteiger partial charge in [-0.15, -0.1) is 6.42 Å². The monoisotopic (exact) mass is 432 g/mol. The lowest BCUT2D eigenvalue weighted by atomic mass is 9.85. The van der Waals surface area contributed by atoms with Crippen LogP contribution in [-0.2, 0) is 9.59 Å². The maximum atomic E-state index is 12.7. The standard InChI is InChI=1S/C19H14BrClN2O3/c1-2-5-26-17-12(7-13(21)8-14(17)20)9-22-23-18(24)15-10-3-4-11(6-10)16(15)19(23)25/h1,3-4,7-11,15-16H,5-6H2. The summed E-state index contributed by atoms with van der Waals surface area (Å²) in [6.45, 7) is 0.0713. The van der Waals surface area contributed by atoms with E-state index in [0.717, 1.165) is 11.4 Å². The second-order valence-electron chi connectivity index (χ2n) is 6.53. The number of hydrogen-bond acceptors (Lipinski definition) is 4. The van der Waals surface area contributed by atoms with E-state index in [9.17, 15) is 9.59 Å². The Hall–Kier alpha value is -2.10. The minimum atomic E-state index is -0.280. The SMILES string of the molecule is C#CCOc1c(Br)cc(Cl)cc1C=NN1C(=O)C2C3C=CC(C3)C2C1=O. The molecule has 0 spiro atoms. The van der Waals surface area contributed by atoms with E-state index in [1.54, 1.807) is 12.1 Å². The summed E-state index contributed by atoms with van der Waals surface area (Å²) in [6, 6.07) is 3.31. The van der Waals surface area contributed by atoms with E-state index in [1.807, 2.05) is 12.2 Å². The lowest BCUT2D eigenvalue weighted by Crippen LogP contribution is -2.28. The molecule has 5 nitrogen and oxygen atoms in total. The van der Waals surface area contributed by atoms with Gasteiger partial charge < -0.3 is 4.74 Å². The number of terminal acetylenes is 1. The van der Waals surface area contributed by atoms with E-state index >= 15 is 0 Å². The minimum Gasteiger partial charge on any atom is -0.479 e. The van der Waals surface area contributed by atoms with Gasteiger partial charge in [-0.2, -0.15) is 10.1 Å². The molecule has 7 heteroatoms. The van der Waals surface area contributed by atoms with E-state index in [2.05, 4.69) is 27.0 Å². The Morgan fingerprint density at radius 1 is 1.31 bits per heavy atom. The maximum absolute atomic E-state index is 12.7. The largest absolute Gasteiger partial charge is 0.479 e. The highest BCUT2D eigenvalue weighted by atomic mass is 79.9. The molecule has 3 aliphatic rings. The molecule has 2 amide bonds. The molecule has 2 fully saturated rings. The van der Waals surface area contributed by atoms with Crippen LogP contribution in [0.4, 0.5) is 0 Å². The molecule has 1 aliphatic heterocycles. The van der Waals surface area contributed by atoms with Crippen LogP contribution in [0.5, 0.6) is 5.75 Å². The summed E-state index contributed by atoms with van der Waals surface area (Å²) in [6.07, 6.45) is 11.6. The van der Waals surface area contributed by atoms with E-state index in [4.69, 9.17) is 22.8 Å². The van der Waals surface area contributed by atoms with Crippen molar-refractivity contribution in [3.05, 3.63) is 39.3 Å². The van der Waals surface area contributed by atoms with Gasteiger partial charge in [0.25, 0.3) is 11.8 Å². The number of hydrogen-bond donors (Lipinski definition) is 0. The van der Waals surface area contributed by atoms with Crippen LogP contribution < -0.4 is 4.74 Å². The van der Waals surface area contributed by atoms with Gasteiger partial charge in [0.05, 0.1) is 22.5 Å². The van der Waals surface area contributed by atoms with Crippen molar-refractivity contribution in [2.45, 2.75) is 6.42 Å². The Morgan fingerprint density at radius 2 is 1.96 bits per heavy atom. The zero-order chi connectivity index (χ0) is 18.4. The molecule has 0 aromatic heterocycles. The van der Waals surface area contributed by atoms with Crippen molar-refractivity contribution in [1.29, 1.82) is 0 Å². The number of benzene rings is 1. The van der Waals surface area contributed by atoms with E-state index in [0.29, 0.717) is 20.8 Å². The van der Waals surface area contributed by atoms with Crippen LogP contribution >= 0.6 is 27.5 Å². The smallest absolute Gasteiger partial charge is 0.254 e. The van der Waals surface area contributed by atoms with E-state index in [-0.39, 0.29) is 42.1 Å². The van der Waals surface area contributed by atoms with Crippen molar-refractivity contribution in [2.24, 2.45) is 28.8 Å². The number of rotatable bonds is 4. The first-order valence-electron chi connectivity index (χ1n) is 8.16. The number of ether oxygens (including phenoxy) is 1. The third-order valence-corrected chi connectivity index (χ3v) is 5.90. The topological polar surface area (TPSA) is 59.0 Å². The highest BCUT2D eigenvalue weighted by molar-refractivity contribution is 9.10. The molecule has 2 aliphatic carbocycles. The van der Waals surface area contributed by atoms with Gasteiger partial charge in [0.1, 0.15) is 12.4 Å². The summed E-state index contributed by atoms with van der Waals surface area (Å²) in [7, 11) is 0. The number of carbonyl (C=O) groups excluding carboxylic acids is 2. The molecule has 1 saturated carbocycles. The first kappa shape index (κ1) is 17.3. The third kappa shape index (κ3) is 2.67. The summed E-state index contributed by atoms with van der Waals surface area (Å²) >= 11 is 9.46. The first-order valence-corrected chi connectivity index (χ1v) is 9.33. The number of imide groups is 1. The Morgan fingerprint density at radius 3 is 2.58 bits per heavy atom. The zero-order valence-electron chi connectivity index (χ0n) is 13.6. The Bertz CT molecular complexity index is 875. The van der Waals surface area contributed by atoms with Crippen molar-refractivity contribution in [3.63, 3.8) is 0 Å². The Labute approximate surface area is 164 Å². The van der Waals surface area contributed by atoms with E-state index in [1.165, 1.54) is 6.21 Å². The molecule has 4 unspecified atom stereocenters. The lowest BCUT2D eigenvalue weighted by Gasteiger charge is -2.13. The van der Waals surface area contributed by atoms with Crippen LogP contribution in [0.1, 0.15) is 12.0 Å². The first-order chi connectivity index (χ1) is 12.5. The number of nitrogens with zero attached hydrogens (tertiary/aromatic N) is 2. The second-order valence-corrected chi connectivity index (χ2v) is 7.82. The molecule has 1 heterocycles. The van der Waals surface area contributed by atoms with Crippen LogP contribution in [0.3, 0.4) is 0 Å². The predicted molar refractivity (Wildman–Crippen MR) is 101 cm³/mol. The average molecular weight is 434 g/mol. The quantitative estimate of drug-likeness (QED) is 0.317. The average Bonchev–Trinajstić information content (AvgIpc) is 3.27. The predicted octanol–water partition coefficient (Wildman–Crippen LogP) is 3.26. The van der Waals surface area contributed by atoms with Gasteiger partial charge in [0.15, 0.2) is 0 Å². The molecule has 0 radical (unpaired) electrons. The number of allylic oxidation sites excluding steroid dienone is 2. The van der Waals surface area contributed by atoms with Gasteiger partial charge in [0.2, 0.25) is 0 Å². The maximum Gasteiger partial charge on any atom is 0.254 e. The Balaban J connectivity index is 1.62. The summed E-state index contributed by atoms with van der Waals surface area (Å²) in [5.74, 6) is 2.12. The molecule has 1 aromatic rings. The Kier molecular flexibility index (Phi) is 4.37. The van der Waals surface area contributed by atoms with Crippen molar-refractivity contribution in [1.82, 2.24) is 5.01 Å². The molecular weight excluding hydrogens is 420 g/mol. The fraction of sp³-hybridized carbons (Fsp3) is 0.316. The number of hydrazone groups is 1. The summed E-state index contributed by atoms with van der Waals surface area (Å²) in [5.41, 5.74) is 0.526. The fourth-order valence-electron chi connectivity index (χ4n) is 4.06. The minimum absolute atomic E-state index is 0.0713. The van der Waals surface area contributed by atoms with Gasteiger partial charge in [-0.1, -0.05) is 29.7 Å². The molecule has 4 atom stereocenters. The van der Waals surface area contributed by atoms with Crippen molar-refractivity contribution in [2.75, 3.05) is 6.61 Å². The number of amides is 2. The number of fused-ring (bicyclic) bond motifs is 5. The molecule has 1 saturated heterocycles. The van der Waals surface area contributed by atoms with Crippen LogP contribution in [0.15, 0.2) is 33.9 Å². The van der Waals surface area contributed by atoms with Gasteiger partial charge in [-0.05, 0) is 46.3 Å². The normalized spacial score (nSPS) is 28.9. The van der Waals surface area contributed by atoms with Crippen LogP contribution in [0.25, 0.3) is 0 Å². The van der Waals surface area contributed by atoms with Crippen molar-refractivity contribution in [3.8, 4) is 18.1 Å². The lowest BCUT2D eigenvalue weighted by molar-refractivity contribution is -0.140. The van der Waals surface area contributed by atoms with E-state index < -0.39 is 0 Å². The summed E-state index contributed by atoms with van der Waals surface area (Å²) in [5, 5.41) is 5.61. The van der Waals surface area contributed by atoms with Crippen LogP contribution in [0.2, 0.25) is 5.02 Å². The van der Waals surface area contributed by atoms with Gasteiger partial charge >= 0.3 is 0 Å². The molecular formula is C19H14BrClN2O3. The highest BCUT2D eigenvalue weighted by Gasteiger charge is 2.59. The van der Waals surface area contributed by atoms with Crippen LogP contribution in [-0.4, -0.2) is 29.6 Å². The molecule has 1 aromatic carbocycles. The second kappa shape index (κ2) is 6.57. The van der Waals surface area contributed by atoms with Gasteiger partial charge in [-0.25, -0.2) is 0 Å². The number of carbonyl (C=O) groups is 2. The molecule has 26 heavy (non-hydrogen) atoms. The van der Waals surface area contributed by atoms with Crippen molar-refractivity contribution < 1.29 is 14.3 Å². The molecule has 0 N–H and O–H groups in total. The van der Waals surface area contributed by atoms with Gasteiger partial charge in [-0.3, -0.25) is 9.59 Å². The van der Waals surface area contributed by atoms with Crippen LogP contribution in [0, 0.1) is 36.0 Å². The number of halogens is 2. The fourth-order valence-corrected chi connectivity index (χ4v) is 5.01. The molecule has 132 valence electrons. The molecule has 2 bridgehead atoms. The van der Waals surface area contributed by atoms with Crippen molar-refractivity contribution >= 4 is 45.6 Å². The third-order valence-electron chi connectivity index (χ3n) is 5.10. The molecule has 4 rings (SSSR count). The summed E-state index contributed by atoms with van der Waals surface area (Å²) in [4.78, 5) is 25.3. The summed E-state index contributed by atoms with van der Waals surface area (Å²) < 4.78 is 6.14. The van der Waals surface area contributed by atoms with Gasteiger partial charge in [0, 0.05) is 10.6 Å².